The van der Waals surface area contributed by atoms with Gasteiger partial charge in [-0.1, -0.05) is 18.2 Å². The molecule has 2 aromatic carbocycles. The molecule has 0 saturated carbocycles. The Bertz CT molecular complexity index is 701. The molecule has 0 aliphatic carbocycles. The zero-order valence-electron chi connectivity index (χ0n) is 14.5. The molecule has 0 fully saturated rings. The van der Waals surface area contributed by atoms with Gasteiger partial charge in [0.05, 0.1) is 6.10 Å². The van der Waals surface area contributed by atoms with Gasteiger partial charge in [0.1, 0.15) is 0 Å². The highest BCUT2D eigenvalue weighted by molar-refractivity contribution is 7.84. The standard InChI is InChI=1S/C19H24FNO2S/c1-13(2)23-19-10-5-15(11-18(19)20)12-21-14(3)16-6-8-17(9-7-16)24(4)22/h5-11,13-14,21H,12H2,1-4H3/t14-,24+/m0/s1. The van der Waals surface area contributed by atoms with Crippen molar-refractivity contribution in [1.82, 2.24) is 5.32 Å². The number of halogens is 1. The highest BCUT2D eigenvalue weighted by Gasteiger charge is 2.09. The summed E-state index contributed by atoms with van der Waals surface area (Å²) in [6.45, 7) is 6.35. The highest BCUT2D eigenvalue weighted by Crippen LogP contribution is 2.21. The van der Waals surface area contributed by atoms with Crippen molar-refractivity contribution in [3.8, 4) is 5.75 Å². The Balaban J connectivity index is 1.97. The molecule has 5 heteroatoms. The van der Waals surface area contributed by atoms with E-state index in [0.717, 1.165) is 16.0 Å². The number of ether oxygens (including phenoxy) is 1. The fraction of sp³-hybridized carbons (Fsp3) is 0.368. The van der Waals surface area contributed by atoms with Crippen LogP contribution >= 0.6 is 0 Å². The van der Waals surface area contributed by atoms with Gasteiger partial charge in [-0.25, -0.2) is 4.39 Å². The van der Waals surface area contributed by atoms with E-state index in [2.05, 4.69) is 5.32 Å². The first-order chi connectivity index (χ1) is 11.4. The smallest absolute Gasteiger partial charge is 0.165 e. The molecule has 0 aliphatic heterocycles. The lowest BCUT2D eigenvalue weighted by Gasteiger charge is -2.16. The van der Waals surface area contributed by atoms with Gasteiger partial charge >= 0.3 is 0 Å². The predicted octanol–water partition coefficient (Wildman–Crippen LogP) is 4.20. The van der Waals surface area contributed by atoms with Crippen molar-refractivity contribution in [1.29, 1.82) is 0 Å². The first-order valence-corrected chi connectivity index (χ1v) is 9.54. The zero-order chi connectivity index (χ0) is 17.7. The summed E-state index contributed by atoms with van der Waals surface area (Å²) >= 11 is 0. The van der Waals surface area contributed by atoms with Crippen molar-refractivity contribution < 1.29 is 13.3 Å². The molecule has 0 saturated heterocycles. The van der Waals surface area contributed by atoms with Crippen LogP contribution in [-0.2, 0) is 17.3 Å². The Morgan fingerprint density at radius 1 is 1.12 bits per heavy atom. The van der Waals surface area contributed by atoms with Gasteiger partial charge in [-0.2, -0.15) is 0 Å². The molecule has 24 heavy (non-hydrogen) atoms. The average molecular weight is 349 g/mol. The third kappa shape index (κ3) is 5.14. The largest absolute Gasteiger partial charge is 0.488 e. The number of hydrogen-bond acceptors (Lipinski definition) is 3. The van der Waals surface area contributed by atoms with Crippen LogP contribution in [0.2, 0.25) is 0 Å². The molecular weight excluding hydrogens is 325 g/mol. The molecule has 2 aromatic rings. The van der Waals surface area contributed by atoms with E-state index in [4.69, 9.17) is 4.74 Å². The van der Waals surface area contributed by atoms with E-state index < -0.39 is 10.8 Å². The molecule has 0 unspecified atom stereocenters. The second-order valence-electron chi connectivity index (χ2n) is 6.06. The van der Waals surface area contributed by atoms with E-state index in [1.165, 1.54) is 6.07 Å². The second-order valence-corrected chi connectivity index (χ2v) is 7.44. The van der Waals surface area contributed by atoms with Gasteiger partial charge in [0.25, 0.3) is 0 Å². The van der Waals surface area contributed by atoms with Gasteiger partial charge in [0.15, 0.2) is 11.6 Å². The Morgan fingerprint density at radius 2 is 1.79 bits per heavy atom. The molecule has 1 N–H and O–H groups in total. The van der Waals surface area contributed by atoms with Crippen LogP contribution in [0.4, 0.5) is 4.39 Å². The van der Waals surface area contributed by atoms with Crippen LogP contribution in [0.3, 0.4) is 0 Å². The van der Waals surface area contributed by atoms with E-state index in [0.29, 0.717) is 6.54 Å². The topological polar surface area (TPSA) is 38.3 Å². The Kier molecular flexibility index (Phi) is 6.52. The lowest BCUT2D eigenvalue weighted by Crippen LogP contribution is -2.18. The third-order valence-corrected chi connectivity index (χ3v) is 4.62. The van der Waals surface area contributed by atoms with Gasteiger partial charge in [0.2, 0.25) is 0 Å². The lowest BCUT2D eigenvalue weighted by atomic mass is 10.1. The summed E-state index contributed by atoms with van der Waals surface area (Å²) in [6, 6.07) is 12.8. The Hall–Kier alpha value is -1.72. The van der Waals surface area contributed by atoms with Crippen molar-refractivity contribution in [2.75, 3.05) is 6.26 Å². The van der Waals surface area contributed by atoms with Crippen LogP contribution in [0.1, 0.15) is 37.9 Å². The van der Waals surface area contributed by atoms with Crippen LogP contribution in [0.15, 0.2) is 47.4 Å². The fourth-order valence-electron chi connectivity index (χ4n) is 2.34. The summed E-state index contributed by atoms with van der Waals surface area (Å²) < 4.78 is 30.8. The predicted molar refractivity (Wildman–Crippen MR) is 96.2 cm³/mol. The Morgan fingerprint density at radius 3 is 2.33 bits per heavy atom. The van der Waals surface area contributed by atoms with E-state index in [1.807, 2.05) is 51.1 Å². The van der Waals surface area contributed by atoms with Gasteiger partial charge in [0, 0.05) is 34.5 Å². The maximum atomic E-state index is 14.0. The van der Waals surface area contributed by atoms with E-state index in [-0.39, 0.29) is 23.7 Å². The van der Waals surface area contributed by atoms with Gasteiger partial charge in [-0.15, -0.1) is 0 Å². The molecule has 0 heterocycles. The normalized spacial score (nSPS) is 13.8. The zero-order valence-corrected chi connectivity index (χ0v) is 15.3. The number of hydrogen-bond donors (Lipinski definition) is 1. The van der Waals surface area contributed by atoms with E-state index in [9.17, 15) is 8.60 Å². The Labute approximate surface area is 145 Å². The summed E-state index contributed by atoms with van der Waals surface area (Å²) in [5.74, 6) is -0.0598. The van der Waals surface area contributed by atoms with Gasteiger partial charge < -0.3 is 10.1 Å². The lowest BCUT2D eigenvalue weighted by molar-refractivity contribution is 0.231. The third-order valence-electron chi connectivity index (χ3n) is 3.68. The highest BCUT2D eigenvalue weighted by atomic mass is 32.2. The second kappa shape index (κ2) is 8.40. The molecule has 0 radical (unpaired) electrons. The monoisotopic (exact) mass is 349 g/mol. The molecule has 0 amide bonds. The van der Waals surface area contributed by atoms with Crippen molar-refractivity contribution >= 4 is 10.8 Å². The minimum Gasteiger partial charge on any atom is -0.488 e. The van der Waals surface area contributed by atoms with Crippen LogP contribution < -0.4 is 10.1 Å². The average Bonchev–Trinajstić information content (AvgIpc) is 2.54. The van der Waals surface area contributed by atoms with Gasteiger partial charge in [-0.05, 0) is 56.2 Å². The maximum absolute atomic E-state index is 14.0. The fourth-order valence-corrected chi connectivity index (χ4v) is 2.86. The molecule has 2 rings (SSSR count). The molecule has 0 aliphatic rings. The summed E-state index contributed by atoms with van der Waals surface area (Å²) in [6.07, 6.45) is 1.61. The van der Waals surface area contributed by atoms with Crippen LogP contribution in [0.25, 0.3) is 0 Å². The molecule has 3 nitrogen and oxygen atoms in total. The summed E-state index contributed by atoms with van der Waals surface area (Å²) in [4.78, 5) is 0.814. The first-order valence-electron chi connectivity index (χ1n) is 7.98. The van der Waals surface area contributed by atoms with E-state index >= 15 is 0 Å². The van der Waals surface area contributed by atoms with E-state index in [1.54, 1.807) is 12.3 Å². The minimum atomic E-state index is -0.967. The van der Waals surface area contributed by atoms with Crippen molar-refractivity contribution in [3.63, 3.8) is 0 Å². The van der Waals surface area contributed by atoms with Crippen molar-refractivity contribution in [3.05, 3.63) is 59.4 Å². The summed E-state index contributed by atoms with van der Waals surface area (Å²) in [7, 11) is -0.967. The van der Waals surface area contributed by atoms with Crippen LogP contribution in [0, 0.1) is 5.82 Å². The maximum Gasteiger partial charge on any atom is 0.165 e. The number of nitrogens with one attached hydrogen (secondary N) is 1. The first kappa shape index (κ1) is 18.6. The molecule has 2 atom stereocenters. The SMILES string of the molecule is CC(C)Oc1ccc(CN[C@@H](C)c2ccc([S@@](C)=O)cc2)cc1F. The van der Waals surface area contributed by atoms with Gasteiger partial charge in [-0.3, -0.25) is 4.21 Å². The van der Waals surface area contributed by atoms with Crippen molar-refractivity contribution in [2.24, 2.45) is 0 Å². The van der Waals surface area contributed by atoms with Crippen LogP contribution in [0.5, 0.6) is 5.75 Å². The van der Waals surface area contributed by atoms with Crippen LogP contribution in [-0.4, -0.2) is 16.6 Å². The molecule has 0 spiro atoms. The van der Waals surface area contributed by atoms with Crippen molar-refractivity contribution in [2.45, 2.75) is 44.4 Å². The summed E-state index contributed by atoms with van der Waals surface area (Å²) in [5, 5.41) is 3.37. The number of rotatable bonds is 7. The molecular formula is C19H24FNO2S. The molecule has 0 aromatic heterocycles. The summed E-state index contributed by atoms with van der Waals surface area (Å²) in [5.41, 5.74) is 1.96. The minimum absolute atomic E-state index is 0.0519. The molecule has 130 valence electrons. The molecule has 0 bridgehead atoms. The quantitative estimate of drug-likeness (QED) is 0.814. The number of benzene rings is 2.